The fourth-order valence-corrected chi connectivity index (χ4v) is 4.74. The Kier molecular flexibility index (Phi) is 5.15. The van der Waals surface area contributed by atoms with E-state index < -0.39 is 0 Å². The maximum absolute atomic E-state index is 12.9. The third-order valence-corrected chi connectivity index (χ3v) is 6.39. The van der Waals surface area contributed by atoms with E-state index in [0.717, 1.165) is 17.7 Å². The van der Waals surface area contributed by atoms with Crippen molar-refractivity contribution in [3.05, 3.63) is 17.5 Å². The van der Waals surface area contributed by atoms with Gasteiger partial charge in [0.1, 0.15) is 0 Å². The number of hydrogen-bond donors (Lipinski definition) is 1. The lowest BCUT2D eigenvalue weighted by Gasteiger charge is -2.40. The molecule has 3 heterocycles. The molecule has 3 atom stereocenters. The van der Waals surface area contributed by atoms with Crippen molar-refractivity contribution in [3.8, 4) is 10.7 Å². The molecule has 0 aromatic carbocycles. The Balaban J connectivity index is 1.73. The Bertz CT molecular complexity index is 689. The number of thiophene rings is 1. The van der Waals surface area contributed by atoms with Gasteiger partial charge < -0.3 is 10.7 Å². The van der Waals surface area contributed by atoms with E-state index in [1.807, 2.05) is 29.3 Å². The van der Waals surface area contributed by atoms with Crippen molar-refractivity contribution < 1.29 is 4.79 Å². The molecule has 0 saturated carbocycles. The molecule has 1 saturated heterocycles. The smallest absolute Gasteiger partial charge is 0.236 e. The largest absolute Gasteiger partial charge is 0.336 e. The van der Waals surface area contributed by atoms with Crippen LogP contribution >= 0.6 is 23.1 Å². The minimum absolute atomic E-state index is 0.153. The zero-order chi connectivity index (χ0) is 17.3. The fourth-order valence-electron chi connectivity index (χ4n) is 3.21. The first-order chi connectivity index (χ1) is 11.5. The number of aromatic nitrogens is 3. The summed E-state index contributed by atoms with van der Waals surface area (Å²) >= 11 is 2.94. The van der Waals surface area contributed by atoms with Gasteiger partial charge in [-0.25, -0.2) is 4.68 Å². The number of nitrogen functional groups attached to an aromatic ring is 1. The van der Waals surface area contributed by atoms with Crippen molar-refractivity contribution in [1.82, 2.24) is 19.8 Å². The van der Waals surface area contributed by atoms with Crippen molar-refractivity contribution in [1.29, 1.82) is 0 Å². The molecular formula is C16H23N5OS2. The summed E-state index contributed by atoms with van der Waals surface area (Å²) in [5.74, 6) is 6.91. The number of rotatable bonds is 4. The van der Waals surface area contributed by atoms with Gasteiger partial charge in [-0.05, 0) is 51.5 Å². The second-order valence-corrected chi connectivity index (χ2v) is 8.54. The van der Waals surface area contributed by atoms with E-state index in [-0.39, 0.29) is 11.2 Å². The number of thioether (sulfide) groups is 1. The number of nitrogens with two attached hydrogens (primary N) is 1. The zero-order valence-electron chi connectivity index (χ0n) is 14.2. The molecule has 0 bridgehead atoms. The lowest BCUT2D eigenvalue weighted by atomic mass is 9.97. The van der Waals surface area contributed by atoms with E-state index >= 15 is 0 Å². The molecule has 1 fully saturated rings. The molecule has 0 unspecified atom stereocenters. The lowest BCUT2D eigenvalue weighted by molar-refractivity contribution is -0.136. The number of hydrogen-bond acceptors (Lipinski definition) is 6. The van der Waals surface area contributed by atoms with Crippen LogP contribution in [-0.4, -0.2) is 43.0 Å². The topological polar surface area (TPSA) is 77.0 Å². The Morgan fingerprint density at radius 2 is 2.08 bits per heavy atom. The van der Waals surface area contributed by atoms with Gasteiger partial charge in [-0.15, -0.1) is 21.5 Å². The first kappa shape index (κ1) is 17.3. The van der Waals surface area contributed by atoms with Crippen LogP contribution in [0, 0.1) is 0 Å². The lowest BCUT2D eigenvalue weighted by Crippen LogP contribution is -2.50. The van der Waals surface area contributed by atoms with Gasteiger partial charge in [0, 0.05) is 12.1 Å². The molecular weight excluding hydrogens is 342 g/mol. The number of nitrogens with zero attached hydrogens (tertiary/aromatic N) is 4. The van der Waals surface area contributed by atoms with Crippen LogP contribution in [-0.2, 0) is 4.79 Å². The summed E-state index contributed by atoms with van der Waals surface area (Å²) in [6.45, 7) is 6.18. The molecule has 1 aliphatic rings. The predicted molar refractivity (Wildman–Crippen MR) is 98.4 cm³/mol. The molecule has 2 aromatic heterocycles. The number of likely N-dealkylation sites (tertiary alicyclic amines) is 1. The van der Waals surface area contributed by atoms with Crippen LogP contribution in [0.4, 0.5) is 0 Å². The van der Waals surface area contributed by atoms with E-state index in [9.17, 15) is 4.79 Å². The molecule has 0 radical (unpaired) electrons. The molecule has 24 heavy (non-hydrogen) atoms. The van der Waals surface area contributed by atoms with Crippen molar-refractivity contribution in [2.75, 3.05) is 5.84 Å². The second kappa shape index (κ2) is 7.14. The minimum Gasteiger partial charge on any atom is -0.336 e. The normalized spacial score (nSPS) is 22.5. The first-order valence-electron chi connectivity index (χ1n) is 8.22. The summed E-state index contributed by atoms with van der Waals surface area (Å²) in [5.41, 5.74) is 0. The van der Waals surface area contributed by atoms with Gasteiger partial charge in [0.25, 0.3) is 0 Å². The van der Waals surface area contributed by atoms with E-state index in [1.54, 1.807) is 11.3 Å². The molecule has 130 valence electrons. The Hall–Kier alpha value is -1.54. The van der Waals surface area contributed by atoms with Crippen molar-refractivity contribution in [3.63, 3.8) is 0 Å². The number of carbonyl (C=O) groups is 1. The number of amides is 1. The summed E-state index contributed by atoms with van der Waals surface area (Å²) in [5, 5.41) is 10.6. The molecule has 1 aliphatic heterocycles. The quantitative estimate of drug-likeness (QED) is 0.666. The summed E-state index contributed by atoms with van der Waals surface area (Å²) in [7, 11) is 0. The molecule has 2 aromatic rings. The highest BCUT2D eigenvalue weighted by molar-refractivity contribution is 8.00. The van der Waals surface area contributed by atoms with Crippen LogP contribution in [0.1, 0.15) is 40.0 Å². The maximum atomic E-state index is 12.9. The molecule has 3 rings (SSSR count). The van der Waals surface area contributed by atoms with E-state index in [2.05, 4.69) is 24.0 Å². The average molecular weight is 366 g/mol. The third-order valence-electron chi connectivity index (χ3n) is 4.48. The van der Waals surface area contributed by atoms with Gasteiger partial charge in [0.2, 0.25) is 11.1 Å². The van der Waals surface area contributed by atoms with Crippen LogP contribution in [0.5, 0.6) is 0 Å². The number of piperidine rings is 1. The Labute approximate surface area is 150 Å². The van der Waals surface area contributed by atoms with E-state index in [1.165, 1.54) is 22.9 Å². The summed E-state index contributed by atoms with van der Waals surface area (Å²) in [6.07, 6.45) is 3.33. The van der Waals surface area contributed by atoms with Crippen LogP contribution in [0.2, 0.25) is 0 Å². The maximum Gasteiger partial charge on any atom is 0.236 e. The molecule has 8 heteroatoms. The summed E-state index contributed by atoms with van der Waals surface area (Å²) < 4.78 is 1.48. The minimum atomic E-state index is -0.240. The van der Waals surface area contributed by atoms with Gasteiger partial charge in [-0.1, -0.05) is 17.8 Å². The molecule has 0 spiro atoms. The van der Waals surface area contributed by atoms with E-state index in [0.29, 0.717) is 23.1 Å². The van der Waals surface area contributed by atoms with Crippen molar-refractivity contribution >= 4 is 29.0 Å². The molecule has 2 N–H and O–H groups in total. The van der Waals surface area contributed by atoms with Crippen LogP contribution in [0.3, 0.4) is 0 Å². The SMILES string of the molecule is C[C@@H](Sc1nnc(-c2cccs2)n1N)C(=O)N1[C@@H](C)CCC[C@@H]1C. The average Bonchev–Trinajstić information content (AvgIpc) is 3.17. The van der Waals surface area contributed by atoms with E-state index in [4.69, 9.17) is 5.84 Å². The predicted octanol–water partition coefficient (Wildman–Crippen LogP) is 2.99. The van der Waals surface area contributed by atoms with Gasteiger partial charge in [0.15, 0.2) is 5.82 Å². The monoisotopic (exact) mass is 365 g/mol. The third kappa shape index (κ3) is 3.30. The van der Waals surface area contributed by atoms with Crippen LogP contribution in [0.25, 0.3) is 10.7 Å². The Morgan fingerprint density at radius 3 is 2.71 bits per heavy atom. The van der Waals surface area contributed by atoms with Crippen molar-refractivity contribution in [2.45, 2.75) is 62.5 Å². The molecule has 1 amide bonds. The first-order valence-corrected chi connectivity index (χ1v) is 9.98. The summed E-state index contributed by atoms with van der Waals surface area (Å²) in [4.78, 5) is 15.9. The van der Waals surface area contributed by atoms with Gasteiger partial charge in [0.05, 0.1) is 10.1 Å². The molecule has 6 nitrogen and oxygen atoms in total. The highest BCUT2D eigenvalue weighted by atomic mass is 32.2. The van der Waals surface area contributed by atoms with Crippen molar-refractivity contribution in [2.24, 2.45) is 0 Å². The second-order valence-electron chi connectivity index (χ2n) is 6.29. The van der Waals surface area contributed by atoms with Gasteiger partial charge >= 0.3 is 0 Å². The van der Waals surface area contributed by atoms with Gasteiger partial charge in [-0.2, -0.15) is 0 Å². The van der Waals surface area contributed by atoms with Gasteiger partial charge in [-0.3, -0.25) is 4.79 Å². The summed E-state index contributed by atoms with van der Waals surface area (Å²) in [6, 6.07) is 4.49. The van der Waals surface area contributed by atoms with Crippen LogP contribution < -0.4 is 5.84 Å². The zero-order valence-corrected chi connectivity index (χ0v) is 15.8. The fraction of sp³-hybridized carbons (Fsp3) is 0.562. The van der Waals surface area contributed by atoms with Crippen LogP contribution in [0.15, 0.2) is 22.7 Å². The molecule has 0 aliphatic carbocycles. The highest BCUT2D eigenvalue weighted by Gasteiger charge is 2.32. The highest BCUT2D eigenvalue weighted by Crippen LogP contribution is 2.30. The Morgan fingerprint density at radius 1 is 1.38 bits per heavy atom. The number of carbonyl (C=O) groups excluding carboxylic acids is 1. The standard InChI is InChI=1S/C16H23N5OS2/c1-10-6-4-7-11(2)20(10)15(22)12(3)24-16-19-18-14(21(16)17)13-8-5-9-23-13/h5,8-12H,4,6-7,17H2,1-3H3/t10-,11-,12+/m0/s1.